The summed E-state index contributed by atoms with van der Waals surface area (Å²) in [6, 6.07) is 5.65. The Labute approximate surface area is 70.7 Å². The lowest BCUT2D eigenvalue weighted by atomic mass is 10.3. The molecule has 1 radical (unpaired) electrons. The van der Waals surface area contributed by atoms with E-state index in [0.29, 0.717) is 0 Å². The highest BCUT2D eigenvalue weighted by atomic mass is 15.3. The van der Waals surface area contributed by atoms with Crippen molar-refractivity contribution in [1.29, 1.82) is 0 Å². The lowest BCUT2D eigenvalue weighted by molar-refractivity contribution is 0.846. The summed E-state index contributed by atoms with van der Waals surface area (Å²) < 4.78 is 1.71. The maximum atomic E-state index is 4.16. The summed E-state index contributed by atoms with van der Waals surface area (Å²) in [4.78, 5) is 4.16. The molecule has 0 amide bonds. The molecule has 2 rings (SSSR count). The Morgan fingerprint density at radius 1 is 1.33 bits per heavy atom. The lowest BCUT2D eigenvalue weighted by Crippen LogP contribution is -1.96. The highest BCUT2D eigenvalue weighted by Crippen LogP contribution is 2.02. The van der Waals surface area contributed by atoms with Crippen LogP contribution in [0.15, 0.2) is 36.8 Å². The second-order valence-electron chi connectivity index (χ2n) is 2.48. The minimum absolute atomic E-state index is 0.812. The molecule has 2 heterocycles. The van der Waals surface area contributed by atoms with Crippen LogP contribution < -0.4 is 0 Å². The summed E-state index contributed by atoms with van der Waals surface area (Å²) in [7, 11) is 0. The molecule has 3 heteroatoms. The maximum absolute atomic E-state index is 4.16. The third-order valence-electron chi connectivity index (χ3n) is 1.55. The summed E-state index contributed by atoms with van der Waals surface area (Å²) in [5.74, 6) is 0.812. The molecule has 59 valence electrons. The second kappa shape index (κ2) is 2.77. The molecule has 0 aromatic carbocycles. The van der Waals surface area contributed by atoms with Gasteiger partial charge in [-0.15, -0.1) is 0 Å². The molecule has 0 atom stereocenters. The third-order valence-corrected chi connectivity index (χ3v) is 1.55. The average Bonchev–Trinajstić information content (AvgIpc) is 2.58. The lowest BCUT2D eigenvalue weighted by Gasteiger charge is -1.98. The molecule has 0 aliphatic carbocycles. The molecule has 0 saturated heterocycles. The Morgan fingerprint density at radius 2 is 2.25 bits per heavy atom. The molecule has 0 saturated carbocycles. The number of hydrogen-bond acceptors (Lipinski definition) is 2. The van der Waals surface area contributed by atoms with Crippen molar-refractivity contribution in [1.82, 2.24) is 14.8 Å². The largest absolute Gasteiger partial charge is 0.237 e. The molecule has 0 fully saturated rings. The standard InChI is InChI=1S/C9H8N3/c1-8-3-4-9(10-7-8)12-6-2-5-11-12/h2-7H,1H2. The van der Waals surface area contributed by atoms with Gasteiger partial charge in [0.25, 0.3) is 0 Å². The van der Waals surface area contributed by atoms with Crippen LogP contribution in [0, 0.1) is 6.92 Å². The van der Waals surface area contributed by atoms with Gasteiger partial charge in [-0.25, -0.2) is 9.67 Å². The van der Waals surface area contributed by atoms with Crippen molar-refractivity contribution in [3.8, 4) is 5.82 Å². The Bertz CT molecular complexity index is 348. The van der Waals surface area contributed by atoms with E-state index in [1.165, 1.54) is 0 Å². The van der Waals surface area contributed by atoms with E-state index in [-0.39, 0.29) is 0 Å². The second-order valence-corrected chi connectivity index (χ2v) is 2.48. The summed E-state index contributed by atoms with van der Waals surface area (Å²) in [6.07, 6.45) is 5.29. The number of aromatic nitrogens is 3. The quantitative estimate of drug-likeness (QED) is 0.628. The first kappa shape index (κ1) is 7.03. The Morgan fingerprint density at radius 3 is 2.83 bits per heavy atom. The van der Waals surface area contributed by atoms with E-state index in [9.17, 15) is 0 Å². The summed E-state index contributed by atoms with van der Waals surface area (Å²) in [6.45, 7) is 3.75. The van der Waals surface area contributed by atoms with Crippen LogP contribution in [-0.2, 0) is 0 Å². The van der Waals surface area contributed by atoms with Gasteiger partial charge in [0.05, 0.1) is 0 Å². The van der Waals surface area contributed by atoms with Crippen LogP contribution in [0.1, 0.15) is 5.56 Å². The molecule has 3 nitrogen and oxygen atoms in total. The SMILES string of the molecule is [CH2]c1ccc(-n2cccn2)nc1. The molecule has 0 aliphatic heterocycles. The third kappa shape index (κ3) is 1.21. The number of nitrogens with zero attached hydrogens (tertiary/aromatic N) is 3. The monoisotopic (exact) mass is 158 g/mol. The van der Waals surface area contributed by atoms with Crippen molar-refractivity contribution in [2.75, 3.05) is 0 Å². The van der Waals surface area contributed by atoms with Crippen molar-refractivity contribution in [2.24, 2.45) is 0 Å². The fraction of sp³-hybridized carbons (Fsp3) is 0. The Kier molecular flexibility index (Phi) is 1.63. The van der Waals surface area contributed by atoms with E-state index in [1.54, 1.807) is 17.1 Å². The smallest absolute Gasteiger partial charge is 0.153 e. The van der Waals surface area contributed by atoms with E-state index in [4.69, 9.17) is 0 Å². The predicted octanol–water partition coefficient (Wildman–Crippen LogP) is 1.45. The van der Waals surface area contributed by atoms with E-state index in [1.807, 2.05) is 24.4 Å². The molecule has 2 aromatic rings. The van der Waals surface area contributed by atoms with E-state index in [0.717, 1.165) is 11.4 Å². The number of rotatable bonds is 1. The van der Waals surface area contributed by atoms with Gasteiger partial charge in [-0.05, 0) is 24.6 Å². The van der Waals surface area contributed by atoms with Gasteiger partial charge in [-0.2, -0.15) is 5.10 Å². The molecule has 2 aromatic heterocycles. The van der Waals surface area contributed by atoms with Gasteiger partial charge in [-0.1, -0.05) is 6.07 Å². The highest BCUT2D eigenvalue weighted by Gasteiger charge is 1.94. The van der Waals surface area contributed by atoms with Gasteiger partial charge in [0.2, 0.25) is 0 Å². The Balaban J connectivity index is 2.43. The van der Waals surface area contributed by atoms with Crippen LogP contribution in [0.5, 0.6) is 0 Å². The van der Waals surface area contributed by atoms with Crippen molar-refractivity contribution >= 4 is 0 Å². The fourth-order valence-electron chi connectivity index (χ4n) is 0.957. The molecule has 0 unspecified atom stereocenters. The van der Waals surface area contributed by atoms with Gasteiger partial charge in [0, 0.05) is 18.6 Å². The van der Waals surface area contributed by atoms with E-state index in [2.05, 4.69) is 17.0 Å². The molecule has 0 bridgehead atoms. The average molecular weight is 158 g/mol. The van der Waals surface area contributed by atoms with E-state index >= 15 is 0 Å². The number of pyridine rings is 1. The zero-order valence-corrected chi connectivity index (χ0v) is 6.51. The van der Waals surface area contributed by atoms with Crippen LogP contribution >= 0.6 is 0 Å². The predicted molar refractivity (Wildman–Crippen MR) is 45.8 cm³/mol. The molecule has 0 N–H and O–H groups in total. The Hall–Kier alpha value is -1.64. The van der Waals surface area contributed by atoms with Crippen LogP contribution in [0.25, 0.3) is 5.82 Å². The van der Waals surface area contributed by atoms with Crippen LogP contribution in [-0.4, -0.2) is 14.8 Å². The summed E-state index contributed by atoms with van der Waals surface area (Å²) >= 11 is 0. The van der Waals surface area contributed by atoms with Crippen molar-refractivity contribution in [3.63, 3.8) is 0 Å². The molecule has 12 heavy (non-hydrogen) atoms. The minimum atomic E-state index is 0.812. The zero-order chi connectivity index (χ0) is 8.39. The van der Waals surface area contributed by atoms with E-state index < -0.39 is 0 Å². The van der Waals surface area contributed by atoms with Crippen molar-refractivity contribution in [3.05, 3.63) is 49.3 Å². The molecular weight excluding hydrogens is 150 g/mol. The fourth-order valence-corrected chi connectivity index (χ4v) is 0.957. The molecule has 0 aliphatic rings. The van der Waals surface area contributed by atoms with Crippen molar-refractivity contribution in [2.45, 2.75) is 0 Å². The maximum Gasteiger partial charge on any atom is 0.153 e. The summed E-state index contributed by atoms with van der Waals surface area (Å²) in [5, 5.41) is 4.05. The number of hydrogen-bond donors (Lipinski definition) is 0. The molecular formula is C9H8N3. The minimum Gasteiger partial charge on any atom is -0.237 e. The van der Waals surface area contributed by atoms with Crippen LogP contribution in [0.2, 0.25) is 0 Å². The first-order valence-corrected chi connectivity index (χ1v) is 3.64. The van der Waals surface area contributed by atoms with Crippen LogP contribution in [0.4, 0.5) is 0 Å². The first-order chi connectivity index (χ1) is 5.86. The topological polar surface area (TPSA) is 30.7 Å². The molecule has 0 spiro atoms. The van der Waals surface area contributed by atoms with Crippen molar-refractivity contribution < 1.29 is 0 Å². The van der Waals surface area contributed by atoms with Crippen LogP contribution in [0.3, 0.4) is 0 Å². The normalized spacial score (nSPS) is 10.1. The van der Waals surface area contributed by atoms with Gasteiger partial charge < -0.3 is 0 Å². The zero-order valence-electron chi connectivity index (χ0n) is 6.51. The highest BCUT2D eigenvalue weighted by molar-refractivity contribution is 5.25. The first-order valence-electron chi connectivity index (χ1n) is 3.64. The van der Waals surface area contributed by atoms with Gasteiger partial charge >= 0.3 is 0 Å². The summed E-state index contributed by atoms with van der Waals surface area (Å²) in [5.41, 5.74) is 0.908. The van der Waals surface area contributed by atoms with Gasteiger partial charge in [0.15, 0.2) is 5.82 Å². The van der Waals surface area contributed by atoms with Gasteiger partial charge in [-0.3, -0.25) is 0 Å². The van der Waals surface area contributed by atoms with Gasteiger partial charge in [0.1, 0.15) is 0 Å².